The van der Waals surface area contributed by atoms with Crippen molar-refractivity contribution >= 4 is 0 Å². The summed E-state index contributed by atoms with van der Waals surface area (Å²) in [6, 6.07) is 3.10. The molecule has 0 bridgehead atoms. The Hall–Kier alpha value is -1.14. The molecule has 0 amide bonds. The molecular formula is C17H24F4N2. The van der Waals surface area contributed by atoms with Crippen molar-refractivity contribution < 1.29 is 17.6 Å². The van der Waals surface area contributed by atoms with E-state index in [-0.39, 0.29) is 18.2 Å². The maximum atomic E-state index is 13.1. The van der Waals surface area contributed by atoms with E-state index in [0.717, 1.165) is 38.5 Å². The maximum Gasteiger partial charge on any atom is 0.416 e. The summed E-state index contributed by atoms with van der Waals surface area (Å²) in [5, 5.41) is 3.20. The van der Waals surface area contributed by atoms with Crippen LogP contribution in [-0.4, -0.2) is 30.6 Å². The molecule has 1 aromatic carbocycles. The van der Waals surface area contributed by atoms with Crippen molar-refractivity contribution in [2.75, 3.05) is 19.6 Å². The second kappa shape index (κ2) is 8.11. The number of hydrogen-bond acceptors (Lipinski definition) is 2. The Bertz CT molecular complexity index is 494. The topological polar surface area (TPSA) is 15.3 Å². The van der Waals surface area contributed by atoms with Gasteiger partial charge in [0.1, 0.15) is 5.82 Å². The zero-order valence-electron chi connectivity index (χ0n) is 13.4. The van der Waals surface area contributed by atoms with Crippen LogP contribution in [0, 0.1) is 5.82 Å². The Kier molecular flexibility index (Phi) is 6.41. The number of hydrogen-bond donors (Lipinski definition) is 1. The van der Waals surface area contributed by atoms with E-state index in [1.165, 1.54) is 18.9 Å². The molecule has 1 fully saturated rings. The highest BCUT2D eigenvalue weighted by atomic mass is 19.4. The highest BCUT2D eigenvalue weighted by molar-refractivity contribution is 5.30. The van der Waals surface area contributed by atoms with Crippen LogP contribution in [0.4, 0.5) is 17.6 Å². The molecule has 0 spiro atoms. The summed E-state index contributed by atoms with van der Waals surface area (Å²) >= 11 is 0. The van der Waals surface area contributed by atoms with Gasteiger partial charge >= 0.3 is 6.18 Å². The van der Waals surface area contributed by atoms with Crippen LogP contribution in [0.25, 0.3) is 0 Å². The van der Waals surface area contributed by atoms with Crippen LogP contribution in [0.5, 0.6) is 0 Å². The van der Waals surface area contributed by atoms with Gasteiger partial charge < -0.3 is 10.2 Å². The number of likely N-dealkylation sites (tertiary alicyclic amines) is 1. The molecule has 2 rings (SSSR count). The summed E-state index contributed by atoms with van der Waals surface area (Å²) in [7, 11) is 0. The lowest BCUT2D eigenvalue weighted by atomic mass is 10.0. The summed E-state index contributed by atoms with van der Waals surface area (Å²) in [6.45, 7) is 5.34. The molecule has 1 heterocycles. The normalized spacial score (nSPS) is 17.6. The van der Waals surface area contributed by atoms with E-state index in [4.69, 9.17) is 0 Å². The van der Waals surface area contributed by atoms with Crippen LogP contribution in [0.1, 0.15) is 43.7 Å². The number of unbranched alkanes of at least 4 members (excludes halogenated alkanes) is 1. The average molecular weight is 332 g/mol. The molecule has 1 aliphatic heterocycles. The summed E-state index contributed by atoms with van der Waals surface area (Å²) in [5.74, 6) is -0.856. The van der Waals surface area contributed by atoms with Crippen LogP contribution in [-0.2, 0) is 12.7 Å². The van der Waals surface area contributed by atoms with Crippen LogP contribution in [0.2, 0.25) is 0 Å². The lowest BCUT2D eigenvalue weighted by molar-refractivity contribution is -0.138. The van der Waals surface area contributed by atoms with E-state index in [9.17, 15) is 17.6 Å². The van der Waals surface area contributed by atoms with Crippen LogP contribution in [0.3, 0.4) is 0 Å². The zero-order chi connectivity index (χ0) is 16.9. The minimum Gasteiger partial charge on any atom is -0.310 e. The molecule has 6 heteroatoms. The highest BCUT2D eigenvalue weighted by Gasteiger charge is 2.33. The van der Waals surface area contributed by atoms with E-state index in [1.807, 2.05) is 0 Å². The third-order valence-electron chi connectivity index (χ3n) is 4.37. The summed E-state index contributed by atoms with van der Waals surface area (Å²) in [5.41, 5.74) is -0.780. The Morgan fingerprint density at radius 3 is 2.52 bits per heavy atom. The first-order chi connectivity index (χ1) is 10.9. The third-order valence-corrected chi connectivity index (χ3v) is 4.37. The molecule has 130 valence electrons. The van der Waals surface area contributed by atoms with Crippen molar-refractivity contribution in [3.63, 3.8) is 0 Å². The van der Waals surface area contributed by atoms with Crippen molar-refractivity contribution in [3.05, 3.63) is 35.1 Å². The van der Waals surface area contributed by atoms with Crippen molar-refractivity contribution in [2.24, 2.45) is 0 Å². The predicted molar refractivity (Wildman–Crippen MR) is 82.6 cm³/mol. The predicted octanol–water partition coefficient (Wildman–Crippen LogP) is 4.20. The van der Waals surface area contributed by atoms with Crippen LogP contribution < -0.4 is 5.32 Å². The van der Waals surface area contributed by atoms with Gasteiger partial charge in [0, 0.05) is 12.6 Å². The molecule has 1 saturated heterocycles. The van der Waals surface area contributed by atoms with Crippen molar-refractivity contribution in [1.82, 2.24) is 10.2 Å². The Morgan fingerprint density at radius 2 is 1.91 bits per heavy atom. The van der Waals surface area contributed by atoms with Crippen LogP contribution in [0.15, 0.2) is 18.2 Å². The molecule has 0 radical (unpaired) electrons. The number of nitrogens with zero attached hydrogens (tertiary/aromatic N) is 1. The lowest BCUT2D eigenvalue weighted by Crippen LogP contribution is -2.42. The maximum absolute atomic E-state index is 13.1. The molecule has 0 saturated carbocycles. The first kappa shape index (κ1) is 18.2. The average Bonchev–Trinajstić information content (AvgIpc) is 2.52. The first-order valence-electron chi connectivity index (χ1n) is 8.21. The van der Waals surface area contributed by atoms with E-state index >= 15 is 0 Å². The van der Waals surface area contributed by atoms with E-state index in [1.54, 1.807) is 0 Å². The molecule has 1 aromatic rings. The molecule has 0 aliphatic carbocycles. The number of nitrogens with one attached hydrogen (secondary N) is 1. The molecular weight excluding hydrogens is 308 g/mol. The van der Waals surface area contributed by atoms with Gasteiger partial charge in [0.15, 0.2) is 0 Å². The van der Waals surface area contributed by atoms with Gasteiger partial charge in [-0.3, -0.25) is 0 Å². The Balaban J connectivity index is 1.88. The minimum absolute atomic E-state index is 0.104. The number of benzene rings is 1. The second-order valence-electron chi connectivity index (χ2n) is 6.15. The van der Waals surface area contributed by atoms with Gasteiger partial charge in [-0.05, 0) is 56.6 Å². The molecule has 0 unspecified atom stereocenters. The molecule has 1 N–H and O–H groups in total. The van der Waals surface area contributed by atoms with Gasteiger partial charge in [-0.25, -0.2) is 4.39 Å². The molecule has 0 aromatic heterocycles. The summed E-state index contributed by atoms with van der Waals surface area (Å²) in [4.78, 5) is 2.40. The molecule has 2 nitrogen and oxygen atoms in total. The lowest BCUT2D eigenvalue weighted by Gasteiger charge is -2.32. The number of piperidine rings is 1. The van der Waals surface area contributed by atoms with E-state index in [0.29, 0.717) is 6.07 Å². The van der Waals surface area contributed by atoms with Gasteiger partial charge in [-0.2, -0.15) is 13.2 Å². The van der Waals surface area contributed by atoms with Crippen molar-refractivity contribution in [3.8, 4) is 0 Å². The molecule has 1 aliphatic rings. The Labute approximate surface area is 134 Å². The van der Waals surface area contributed by atoms with Crippen molar-refractivity contribution in [1.29, 1.82) is 0 Å². The zero-order valence-corrected chi connectivity index (χ0v) is 13.4. The largest absolute Gasteiger partial charge is 0.416 e. The Morgan fingerprint density at radius 1 is 1.22 bits per heavy atom. The van der Waals surface area contributed by atoms with Crippen LogP contribution >= 0.6 is 0 Å². The summed E-state index contributed by atoms with van der Waals surface area (Å²) in [6.07, 6.45) is -0.299. The van der Waals surface area contributed by atoms with E-state index in [2.05, 4.69) is 17.1 Å². The van der Waals surface area contributed by atoms with E-state index < -0.39 is 17.6 Å². The SMILES string of the molecule is CCCCN1CCC(NCc2ccc(F)cc2C(F)(F)F)CC1. The smallest absolute Gasteiger partial charge is 0.310 e. The van der Waals surface area contributed by atoms with Gasteiger partial charge in [0.05, 0.1) is 5.56 Å². The molecule has 0 atom stereocenters. The fourth-order valence-electron chi connectivity index (χ4n) is 2.96. The first-order valence-corrected chi connectivity index (χ1v) is 8.21. The van der Waals surface area contributed by atoms with Gasteiger partial charge in [-0.1, -0.05) is 19.4 Å². The number of halogens is 4. The minimum atomic E-state index is -4.53. The monoisotopic (exact) mass is 332 g/mol. The fraction of sp³-hybridized carbons (Fsp3) is 0.647. The van der Waals surface area contributed by atoms with Gasteiger partial charge in [0.25, 0.3) is 0 Å². The van der Waals surface area contributed by atoms with Crippen molar-refractivity contribution in [2.45, 2.75) is 51.4 Å². The second-order valence-corrected chi connectivity index (χ2v) is 6.15. The fourth-order valence-corrected chi connectivity index (χ4v) is 2.96. The highest BCUT2D eigenvalue weighted by Crippen LogP contribution is 2.32. The molecule has 23 heavy (non-hydrogen) atoms. The van der Waals surface area contributed by atoms with Gasteiger partial charge in [0.2, 0.25) is 0 Å². The quantitative estimate of drug-likeness (QED) is 0.786. The standard InChI is InChI=1S/C17H24F4N2/c1-2-3-8-23-9-6-15(7-10-23)22-12-13-4-5-14(18)11-16(13)17(19,20)21/h4-5,11,15,22H,2-3,6-10,12H2,1H3. The summed E-state index contributed by atoms with van der Waals surface area (Å²) < 4.78 is 52.0. The number of rotatable bonds is 6. The van der Waals surface area contributed by atoms with Gasteiger partial charge in [-0.15, -0.1) is 0 Å². The third kappa shape index (κ3) is 5.46. The number of alkyl halides is 3.